The van der Waals surface area contributed by atoms with Crippen LogP contribution in [0.15, 0.2) is 29.3 Å². The molecule has 2 aromatic rings. The smallest absolute Gasteiger partial charge is 0.302 e. The molecule has 0 fully saturated rings. The first-order valence-electron chi connectivity index (χ1n) is 5.74. The average molecular weight is 311 g/mol. The molecule has 1 aromatic heterocycles. The number of para-hydroxylation sites is 2. The minimum Gasteiger partial charge on any atom is -0.494 e. The van der Waals surface area contributed by atoms with Gasteiger partial charge in [-0.05, 0) is 19.1 Å². The van der Waals surface area contributed by atoms with Gasteiger partial charge in [0.1, 0.15) is 11.4 Å². The van der Waals surface area contributed by atoms with Crippen LogP contribution in [0.4, 0.5) is 0 Å². The number of carbonyl (C=O) groups excluding carboxylic acids is 1. The Balaban J connectivity index is 0.00000220. The molecule has 0 atom stereocenters. The van der Waals surface area contributed by atoms with Gasteiger partial charge in [0.05, 0.1) is 12.8 Å². The van der Waals surface area contributed by atoms with Gasteiger partial charge < -0.3 is 16.2 Å². The summed E-state index contributed by atoms with van der Waals surface area (Å²) in [5, 5.41) is 8.27. The monoisotopic (exact) mass is 310 g/mol. The zero-order valence-corrected chi connectivity index (χ0v) is 12.3. The van der Waals surface area contributed by atoms with E-state index < -0.39 is 5.91 Å². The Morgan fingerprint density at radius 3 is 2.57 bits per heavy atom. The minimum atomic E-state index is -0.636. The maximum absolute atomic E-state index is 11.8. The normalized spacial score (nSPS) is 9.62. The number of hydrogen-bond donors (Lipinski definition) is 2. The summed E-state index contributed by atoms with van der Waals surface area (Å²) in [6, 6.07) is 7.18. The highest BCUT2D eigenvalue weighted by atomic mass is 35.5. The van der Waals surface area contributed by atoms with Crippen LogP contribution < -0.4 is 16.2 Å². The van der Waals surface area contributed by atoms with Gasteiger partial charge in [-0.1, -0.05) is 12.1 Å². The maximum atomic E-state index is 11.8. The molecule has 0 saturated heterocycles. The van der Waals surface area contributed by atoms with Crippen LogP contribution in [0.5, 0.6) is 5.75 Å². The fourth-order valence-electron chi connectivity index (χ4n) is 1.65. The summed E-state index contributed by atoms with van der Waals surface area (Å²) in [4.78, 5) is 16.5. The summed E-state index contributed by atoms with van der Waals surface area (Å²) >= 11 is 0. The first-order valence-corrected chi connectivity index (χ1v) is 5.74. The highest BCUT2D eigenvalue weighted by Gasteiger charge is 2.17. The summed E-state index contributed by atoms with van der Waals surface area (Å²) in [6.07, 6.45) is 0. The van der Waals surface area contributed by atoms with Crippen molar-refractivity contribution in [2.75, 3.05) is 7.11 Å². The van der Waals surface area contributed by atoms with E-state index >= 15 is 0 Å². The summed E-state index contributed by atoms with van der Waals surface area (Å²) in [5.41, 5.74) is 11.5. The molecule has 2 rings (SSSR count). The molecule has 0 aliphatic heterocycles. The van der Waals surface area contributed by atoms with Gasteiger partial charge in [0.15, 0.2) is 11.7 Å². The number of amides is 1. The molecule has 112 valence electrons. The van der Waals surface area contributed by atoms with Crippen LogP contribution in [0, 0.1) is 6.92 Å². The van der Waals surface area contributed by atoms with Crippen molar-refractivity contribution in [3.63, 3.8) is 0 Å². The van der Waals surface area contributed by atoms with Crippen LogP contribution in [0.3, 0.4) is 0 Å². The second-order valence-corrected chi connectivity index (χ2v) is 3.94. The number of benzene rings is 1. The Morgan fingerprint density at radius 1 is 1.29 bits per heavy atom. The van der Waals surface area contributed by atoms with Crippen LogP contribution in [-0.4, -0.2) is 34.0 Å². The highest BCUT2D eigenvalue weighted by Crippen LogP contribution is 2.21. The molecular formula is C12H15ClN6O2. The Morgan fingerprint density at radius 2 is 1.95 bits per heavy atom. The standard InChI is InChI=1S/C12H14N6O2.ClH/c1-7-10(11(19)15-12(13)14)17-18(16-7)8-5-3-4-6-9(8)20-2;/h3-6H,1-2H3,(H4,13,14,15,19);1H. The molecule has 1 heterocycles. The summed E-state index contributed by atoms with van der Waals surface area (Å²) in [5.74, 6) is -0.367. The largest absolute Gasteiger partial charge is 0.494 e. The Hall–Kier alpha value is -2.61. The number of nitrogens with two attached hydrogens (primary N) is 2. The molecule has 9 heteroatoms. The lowest BCUT2D eigenvalue weighted by Crippen LogP contribution is -2.24. The molecule has 1 amide bonds. The number of aryl methyl sites for hydroxylation is 1. The van der Waals surface area contributed by atoms with Crippen LogP contribution in [-0.2, 0) is 0 Å². The van der Waals surface area contributed by atoms with Crippen molar-refractivity contribution in [2.45, 2.75) is 6.92 Å². The number of aromatic nitrogens is 3. The van der Waals surface area contributed by atoms with Gasteiger partial charge in [-0.15, -0.1) is 22.3 Å². The van der Waals surface area contributed by atoms with Gasteiger partial charge in [0.25, 0.3) is 0 Å². The van der Waals surface area contributed by atoms with E-state index in [9.17, 15) is 4.79 Å². The number of rotatable bonds is 3. The molecule has 21 heavy (non-hydrogen) atoms. The Kier molecular flexibility index (Phi) is 5.25. The molecule has 0 unspecified atom stereocenters. The molecule has 0 saturated carbocycles. The van der Waals surface area contributed by atoms with E-state index in [1.165, 1.54) is 4.80 Å². The van der Waals surface area contributed by atoms with Crippen molar-refractivity contribution in [1.29, 1.82) is 0 Å². The topological polar surface area (TPSA) is 121 Å². The van der Waals surface area contributed by atoms with Crippen LogP contribution in [0.2, 0.25) is 0 Å². The van der Waals surface area contributed by atoms with Gasteiger partial charge in [0, 0.05) is 0 Å². The fraction of sp³-hybridized carbons (Fsp3) is 0.167. The summed E-state index contributed by atoms with van der Waals surface area (Å²) < 4.78 is 5.22. The van der Waals surface area contributed by atoms with Gasteiger partial charge in [0.2, 0.25) is 0 Å². The van der Waals surface area contributed by atoms with Gasteiger partial charge in [-0.3, -0.25) is 4.79 Å². The van der Waals surface area contributed by atoms with E-state index in [2.05, 4.69) is 15.2 Å². The van der Waals surface area contributed by atoms with Crippen molar-refractivity contribution < 1.29 is 9.53 Å². The van der Waals surface area contributed by atoms with Crippen LogP contribution in [0.1, 0.15) is 16.2 Å². The lowest BCUT2D eigenvalue weighted by atomic mass is 10.3. The summed E-state index contributed by atoms with van der Waals surface area (Å²) in [7, 11) is 1.54. The Labute approximate surface area is 127 Å². The lowest BCUT2D eigenvalue weighted by Gasteiger charge is -2.05. The van der Waals surface area contributed by atoms with E-state index in [4.69, 9.17) is 16.2 Å². The van der Waals surface area contributed by atoms with E-state index in [0.29, 0.717) is 17.1 Å². The van der Waals surface area contributed by atoms with Gasteiger partial charge in [-0.2, -0.15) is 10.1 Å². The van der Waals surface area contributed by atoms with Crippen molar-refractivity contribution in [3.8, 4) is 11.4 Å². The predicted molar refractivity (Wildman–Crippen MR) is 80.0 cm³/mol. The quantitative estimate of drug-likeness (QED) is 0.626. The molecule has 0 bridgehead atoms. The molecule has 8 nitrogen and oxygen atoms in total. The third-order valence-electron chi connectivity index (χ3n) is 2.52. The SMILES string of the molecule is COc1ccccc1-n1nc(C)c(C(=O)N=C(N)N)n1.Cl. The van der Waals surface area contributed by atoms with Crippen molar-refractivity contribution >= 4 is 24.3 Å². The van der Waals surface area contributed by atoms with E-state index in [0.717, 1.165) is 0 Å². The molecular weight excluding hydrogens is 296 g/mol. The number of methoxy groups -OCH3 is 1. The first kappa shape index (κ1) is 16.4. The van der Waals surface area contributed by atoms with Crippen molar-refractivity contribution in [3.05, 3.63) is 35.7 Å². The van der Waals surface area contributed by atoms with Gasteiger partial charge in [-0.25, -0.2) is 0 Å². The Bertz CT molecular complexity index is 678. The highest BCUT2D eigenvalue weighted by molar-refractivity contribution is 6.01. The zero-order valence-electron chi connectivity index (χ0n) is 11.5. The van der Waals surface area contributed by atoms with Crippen LogP contribution in [0.25, 0.3) is 5.69 Å². The number of hydrogen-bond acceptors (Lipinski definition) is 4. The number of nitrogens with zero attached hydrogens (tertiary/aromatic N) is 4. The first-order chi connectivity index (χ1) is 9.52. The lowest BCUT2D eigenvalue weighted by molar-refractivity contribution is 0.0997. The second kappa shape index (κ2) is 6.71. The van der Waals surface area contributed by atoms with E-state index in [1.807, 2.05) is 12.1 Å². The molecule has 4 N–H and O–H groups in total. The predicted octanol–water partition coefficient (Wildman–Crippen LogP) is 0.420. The number of guanidine groups is 1. The molecule has 0 radical (unpaired) electrons. The number of carbonyl (C=O) groups is 1. The zero-order chi connectivity index (χ0) is 14.7. The number of ether oxygens (including phenoxy) is 1. The average Bonchev–Trinajstić information content (AvgIpc) is 2.80. The number of aliphatic imine (C=N–C) groups is 1. The number of halogens is 1. The molecule has 0 spiro atoms. The third-order valence-corrected chi connectivity index (χ3v) is 2.52. The van der Waals surface area contributed by atoms with Crippen LogP contribution >= 0.6 is 12.4 Å². The molecule has 1 aromatic carbocycles. The van der Waals surface area contributed by atoms with E-state index in [-0.39, 0.29) is 24.1 Å². The molecule has 0 aliphatic carbocycles. The van der Waals surface area contributed by atoms with E-state index in [1.54, 1.807) is 26.2 Å². The minimum absolute atomic E-state index is 0. The van der Waals surface area contributed by atoms with Crippen molar-refractivity contribution in [2.24, 2.45) is 16.5 Å². The van der Waals surface area contributed by atoms with Gasteiger partial charge >= 0.3 is 5.91 Å². The third kappa shape index (κ3) is 3.48. The maximum Gasteiger partial charge on any atom is 0.302 e. The molecule has 0 aliphatic rings. The second-order valence-electron chi connectivity index (χ2n) is 3.94. The van der Waals surface area contributed by atoms with Crippen molar-refractivity contribution in [1.82, 2.24) is 15.0 Å². The summed E-state index contributed by atoms with van der Waals surface area (Å²) in [6.45, 7) is 1.65. The fourth-order valence-corrected chi connectivity index (χ4v) is 1.65.